The van der Waals surface area contributed by atoms with Crippen LogP contribution < -0.4 is 4.74 Å². The molecule has 6 heteroatoms. The zero-order valence-electron chi connectivity index (χ0n) is 9.34. The first-order valence-electron chi connectivity index (χ1n) is 5.18. The van der Waals surface area contributed by atoms with Gasteiger partial charge in [-0.3, -0.25) is 0 Å². The van der Waals surface area contributed by atoms with Crippen LogP contribution >= 0.6 is 23.2 Å². The Kier molecular flexibility index (Phi) is 4.22. The summed E-state index contributed by atoms with van der Waals surface area (Å²) in [6.45, 7) is -3.10. The second-order valence-corrected chi connectivity index (χ2v) is 4.46. The summed E-state index contributed by atoms with van der Waals surface area (Å²) in [5, 5.41) is 0.622. The summed E-state index contributed by atoms with van der Waals surface area (Å²) in [6, 6.07) is 8.42. The van der Waals surface area contributed by atoms with Crippen LogP contribution in [0.15, 0.2) is 36.4 Å². The molecule has 0 heterocycles. The van der Waals surface area contributed by atoms with Gasteiger partial charge in [0, 0.05) is 21.2 Å². The van der Waals surface area contributed by atoms with Crippen molar-refractivity contribution in [3.8, 4) is 16.9 Å². The fraction of sp³-hybridized carbons (Fsp3) is 0.0769. The molecular weight excluding hydrogens is 300 g/mol. The monoisotopic (exact) mass is 306 g/mol. The Labute approximate surface area is 117 Å². The highest BCUT2D eigenvalue weighted by atomic mass is 35.5. The molecule has 0 aliphatic heterocycles. The van der Waals surface area contributed by atoms with Gasteiger partial charge >= 0.3 is 6.61 Å². The van der Waals surface area contributed by atoms with Crippen LogP contribution in [0.5, 0.6) is 5.75 Å². The molecule has 0 aliphatic rings. The summed E-state index contributed by atoms with van der Waals surface area (Å²) < 4.78 is 42.4. The van der Waals surface area contributed by atoms with Gasteiger partial charge in [0.2, 0.25) is 0 Å². The van der Waals surface area contributed by atoms with E-state index in [4.69, 9.17) is 23.2 Å². The third-order valence-electron chi connectivity index (χ3n) is 2.40. The summed E-state index contributed by atoms with van der Waals surface area (Å²) in [7, 11) is 0. The maximum Gasteiger partial charge on any atom is 0.387 e. The Morgan fingerprint density at radius 2 is 1.74 bits per heavy atom. The Balaban J connectivity index is 2.53. The van der Waals surface area contributed by atoms with Gasteiger partial charge in [-0.15, -0.1) is 0 Å². The van der Waals surface area contributed by atoms with E-state index in [1.54, 1.807) is 6.07 Å². The average molecular weight is 307 g/mol. The highest BCUT2D eigenvalue weighted by Crippen LogP contribution is 2.35. The van der Waals surface area contributed by atoms with Gasteiger partial charge in [-0.25, -0.2) is 4.39 Å². The molecule has 1 nitrogen and oxygen atoms in total. The topological polar surface area (TPSA) is 9.23 Å². The molecule has 0 unspecified atom stereocenters. The maximum absolute atomic E-state index is 14.1. The number of hydrogen-bond donors (Lipinski definition) is 0. The highest BCUT2D eigenvalue weighted by molar-refractivity contribution is 6.35. The second-order valence-electron chi connectivity index (χ2n) is 3.62. The molecule has 2 aromatic carbocycles. The third kappa shape index (κ3) is 3.14. The molecule has 0 atom stereocenters. The van der Waals surface area contributed by atoms with Gasteiger partial charge in [-0.05, 0) is 24.3 Å². The lowest BCUT2D eigenvalue weighted by molar-refractivity contribution is -0.0521. The fourth-order valence-electron chi connectivity index (χ4n) is 1.61. The highest BCUT2D eigenvalue weighted by Gasteiger charge is 2.16. The summed E-state index contributed by atoms with van der Waals surface area (Å²) in [5.74, 6) is -1.45. The number of alkyl halides is 2. The smallest absolute Gasteiger partial charge is 0.387 e. The quantitative estimate of drug-likeness (QED) is 0.737. The SMILES string of the molecule is Fc1c(OC(F)F)cccc1-c1cc(Cl)ccc1Cl. The van der Waals surface area contributed by atoms with E-state index in [1.165, 1.54) is 24.3 Å². The molecule has 0 aromatic heterocycles. The lowest BCUT2D eigenvalue weighted by Crippen LogP contribution is -2.04. The molecule has 100 valence electrons. The fourth-order valence-corrected chi connectivity index (χ4v) is 2.00. The molecule has 0 saturated heterocycles. The van der Waals surface area contributed by atoms with Crippen molar-refractivity contribution in [1.82, 2.24) is 0 Å². The summed E-state index contributed by atoms with van der Waals surface area (Å²) >= 11 is 11.8. The maximum atomic E-state index is 14.1. The minimum atomic E-state index is -3.10. The first-order valence-corrected chi connectivity index (χ1v) is 5.93. The van der Waals surface area contributed by atoms with Gasteiger partial charge in [-0.1, -0.05) is 35.3 Å². The minimum Gasteiger partial charge on any atom is -0.432 e. The van der Waals surface area contributed by atoms with Crippen molar-refractivity contribution in [3.63, 3.8) is 0 Å². The second kappa shape index (κ2) is 5.72. The van der Waals surface area contributed by atoms with Crippen LogP contribution in [0.2, 0.25) is 10.0 Å². The summed E-state index contributed by atoms with van der Waals surface area (Å²) in [4.78, 5) is 0. The van der Waals surface area contributed by atoms with Gasteiger partial charge < -0.3 is 4.74 Å². The van der Waals surface area contributed by atoms with Crippen molar-refractivity contribution < 1.29 is 17.9 Å². The normalized spacial score (nSPS) is 10.8. The van der Waals surface area contributed by atoms with Crippen LogP contribution in [-0.2, 0) is 0 Å². The Hall–Kier alpha value is -1.39. The van der Waals surface area contributed by atoms with Gasteiger partial charge in [0.1, 0.15) is 0 Å². The van der Waals surface area contributed by atoms with Crippen LogP contribution in [0.4, 0.5) is 13.2 Å². The lowest BCUT2D eigenvalue weighted by atomic mass is 10.0. The number of benzene rings is 2. The van der Waals surface area contributed by atoms with E-state index in [-0.39, 0.29) is 10.6 Å². The standard InChI is InChI=1S/C13H7Cl2F3O/c14-7-4-5-10(15)9(6-7)8-2-1-3-11(12(8)16)19-13(17)18/h1-6,13H. The summed E-state index contributed by atoms with van der Waals surface area (Å²) in [5.41, 5.74) is 0.358. The largest absolute Gasteiger partial charge is 0.432 e. The Morgan fingerprint density at radius 1 is 1.00 bits per heavy atom. The van der Waals surface area contributed by atoms with E-state index in [0.717, 1.165) is 6.07 Å². The van der Waals surface area contributed by atoms with E-state index < -0.39 is 18.2 Å². The zero-order chi connectivity index (χ0) is 14.0. The molecule has 2 rings (SSSR count). The van der Waals surface area contributed by atoms with Crippen LogP contribution in [0.1, 0.15) is 0 Å². The molecule has 0 amide bonds. The van der Waals surface area contributed by atoms with E-state index in [9.17, 15) is 13.2 Å². The van der Waals surface area contributed by atoms with Crippen LogP contribution in [-0.4, -0.2) is 6.61 Å². The van der Waals surface area contributed by atoms with E-state index in [2.05, 4.69) is 4.74 Å². The van der Waals surface area contributed by atoms with Crippen LogP contribution in [0.25, 0.3) is 11.1 Å². The molecule has 0 fully saturated rings. The average Bonchev–Trinajstić information content (AvgIpc) is 2.35. The van der Waals surface area contributed by atoms with E-state index in [1.807, 2.05) is 0 Å². The van der Waals surface area contributed by atoms with Crippen molar-refractivity contribution >= 4 is 23.2 Å². The van der Waals surface area contributed by atoms with Crippen molar-refractivity contribution in [2.75, 3.05) is 0 Å². The molecule has 0 saturated carbocycles. The molecule has 19 heavy (non-hydrogen) atoms. The van der Waals surface area contributed by atoms with Crippen LogP contribution in [0.3, 0.4) is 0 Å². The van der Waals surface area contributed by atoms with Gasteiger partial charge in [-0.2, -0.15) is 8.78 Å². The van der Waals surface area contributed by atoms with Crippen molar-refractivity contribution in [3.05, 3.63) is 52.3 Å². The van der Waals surface area contributed by atoms with Gasteiger partial charge in [0.25, 0.3) is 0 Å². The number of hydrogen-bond acceptors (Lipinski definition) is 1. The van der Waals surface area contributed by atoms with Gasteiger partial charge in [0.15, 0.2) is 11.6 Å². The Morgan fingerprint density at radius 3 is 2.42 bits per heavy atom. The zero-order valence-corrected chi connectivity index (χ0v) is 10.9. The molecule has 2 aromatic rings. The third-order valence-corrected chi connectivity index (χ3v) is 2.96. The Bertz CT molecular complexity index is 602. The predicted molar refractivity (Wildman–Crippen MR) is 68.5 cm³/mol. The molecule has 0 radical (unpaired) electrons. The van der Waals surface area contributed by atoms with Crippen molar-refractivity contribution in [2.45, 2.75) is 6.61 Å². The van der Waals surface area contributed by atoms with E-state index in [0.29, 0.717) is 10.6 Å². The number of ether oxygens (including phenoxy) is 1. The minimum absolute atomic E-state index is 0.0469. The summed E-state index contributed by atoms with van der Waals surface area (Å²) in [6.07, 6.45) is 0. The molecular formula is C13H7Cl2F3O. The predicted octanol–water partition coefficient (Wildman–Crippen LogP) is 5.40. The van der Waals surface area contributed by atoms with Gasteiger partial charge in [0.05, 0.1) is 0 Å². The number of rotatable bonds is 3. The molecule has 0 spiro atoms. The molecule has 0 bridgehead atoms. The first kappa shape index (κ1) is 14.0. The molecule has 0 N–H and O–H groups in total. The van der Waals surface area contributed by atoms with Crippen molar-refractivity contribution in [2.24, 2.45) is 0 Å². The molecule has 0 aliphatic carbocycles. The van der Waals surface area contributed by atoms with E-state index >= 15 is 0 Å². The van der Waals surface area contributed by atoms with Crippen molar-refractivity contribution in [1.29, 1.82) is 0 Å². The number of halogens is 5. The lowest BCUT2D eigenvalue weighted by Gasteiger charge is -2.10. The van der Waals surface area contributed by atoms with Crippen LogP contribution in [0, 0.1) is 5.82 Å². The first-order chi connectivity index (χ1) is 8.99.